The lowest BCUT2D eigenvalue weighted by Crippen LogP contribution is -2.36. The molecule has 0 aromatic heterocycles. The van der Waals surface area contributed by atoms with Gasteiger partial charge in [-0.25, -0.2) is 0 Å². The standard InChI is InChI=1S/C13H18N2O2/c16-13(15-8-4-5-9-15)10-14-17-11-12-6-2-1-3-7-12/h1-3,6-7,14H,4-5,8-11H2. The van der Waals surface area contributed by atoms with Gasteiger partial charge >= 0.3 is 0 Å². The molecule has 0 aliphatic carbocycles. The zero-order chi connectivity index (χ0) is 11.9. The van der Waals surface area contributed by atoms with Gasteiger partial charge in [0.05, 0.1) is 6.61 Å². The minimum Gasteiger partial charge on any atom is -0.342 e. The summed E-state index contributed by atoms with van der Waals surface area (Å²) < 4.78 is 0. The lowest BCUT2D eigenvalue weighted by Gasteiger charge is -2.15. The van der Waals surface area contributed by atoms with Gasteiger partial charge in [0.1, 0.15) is 6.54 Å². The Morgan fingerprint density at radius 2 is 1.94 bits per heavy atom. The van der Waals surface area contributed by atoms with Crippen molar-refractivity contribution >= 4 is 5.91 Å². The van der Waals surface area contributed by atoms with Crippen molar-refractivity contribution in [1.29, 1.82) is 0 Å². The minimum atomic E-state index is 0.121. The Hall–Kier alpha value is -1.39. The Balaban J connectivity index is 1.61. The van der Waals surface area contributed by atoms with E-state index in [1.807, 2.05) is 35.2 Å². The number of likely N-dealkylation sites (tertiary alicyclic amines) is 1. The molecule has 1 aliphatic rings. The molecule has 0 spiro atoms. The van der Waals surface area contributed by atoms with Gasteiger partial charge in [-0.1, -0.05) is 30.3 Å². The Kier molecular flexibility index (Phi) is 4.53. The molecule has 4 heteroatoms. The van der Waals surface area contributed by atoms with Gasteiger partial charge < -0.3 is 4.90 Å². The van der Waals surface area contributed by atoms with Crippen molar-refractivity contribution in [2.45, 2.75) is 19.4 Å². The molecule has 92 valence electrons. The SMILES string of the molecule is O=C(CNOCc1ccccc1)N1CCCC1. The van der Waals surface area contributed by atoms with Crippen LogP contribution in [0.3, 0.4) is 0 Å². The van der Waals surface area contributed by atoms with Crippen LogP contribution >= 0.6 is 0 Å². The maximum Gasteiger partial charge on any atom is 0.238 e. The summed E-state index contributed by atoms with van der Waals surface area (Å²) in [5.74, 6) is 0.121. The highest BCUT2D eigenvalue weighted by atomic mass is 16.6. The smallest absolute Gasteiger partial charge is 0.238 e. The van der Waals surface area contributed by atoms with Crippen molar-refractivity contribution in [2.75, 3.05) is 19.6 Å². The predicted octanol–water partition coefficient (Wildman–Crippen LogP) is 1.33. The van der Waals surface area contributed by atoms with Crippen LogP contribution in [0.5, 0.6) is 0 Å². The van der Waals surface area contributed by atoms with Crippen LogP contribution in [0.1, 0.15) is 18.4 Å². The van der Waals surface area contributed by atoms with Gasteiger partial charge in [0.15, 0.2) is 0 Å². The molecule has 1 saturated heterocycles. The van der Waals surface area contributed by atoms with Crippen molar-refractivity contribution in [2.24, 2.45) is 0 Å². The topological polar surface area (TPSA) is 41.6 Å². The molecule has 1 heterocycles. The van der Waals surface area contributed by atoms with E-state index in [9.17, 15) is 4.79 Å². The first-order valence-electron chi connectivity index (χ1n) is 6.02. The molecule has 17 heavy (non-hydrogen) atoms. The van der Waals surface area contributed by atoms with E-state index in [0.717, 1.165) is 31.5 Å². The van der Waals surface area contributed by atoms with Gasteiger partial charge in [-0.15, -0.1) is 0 Å². The third-order valence-corrected chi connectivity index (χ3v) is 2.87. The van der Waals surface area contributed by atoms with Gasteiger partial charge in [-0.2, -0.15) is 5.48 Å². The van der Waals surface area contributed by atoms with Crippen LogP contribution in [-0.2, 0) is 16.2 Å². The van der Waals surface area contributed by atoms with Crippen molar-refractivity contribution in [1.82, 2.24) is 10.4 Å². The van der Waals surface area contributed by atoms with E-state index in [1.54, 1.807) is 0 Å². The van der Waals surface area contributed by atoms with E-state index in [0.29, 0.717) is 6.61 Å². The average Bonchev–Trinajstić information content (AvgIpc) is 2.89. The molecule has 1 aromatic rings. The third kappa shape index (κ3) is 3.84. The molecule has 0 bridgehead atoms. The van der Waals surface area contributed by atoms with Crippen LogP contribution in [0.4, 0.5) is 0 Å². The van der Waals surface area contributed by atoms with Crippen molar-refractivity contribution in [3.63, 3.8) is 0 Å². The number of hydrogen-bond donors (Lipinski definition) is 1. The summed E-state index contributed by atoms with van der Waals surface area (Å²) in [6.07, 6.45) is 2.24. The second-order valence-electron chi connectivity index (χ2n) is 4.18. The summed E-state index contributed by atoms with van der Waals surface area (Å²) in [7, 11) is 0. The zero-order valence-corrected chi connectivity index (χ0v) is 9.89. The number of nitrogens with zero attached hydrogens (tertiary/aromatic N) is 1. The highest BCUT2D eigenvalue weighted by molar-refractivity contribution is 5.78. The zero-order valence-electron chi connectivity index (χ0n) is 9.89. The quantitative estimate of drug-likeness (QED) is 0.617. The number of carbonyl (C=O) groups is 1. The molecule has 0 atom stereocenters. The van der Waals surface area contributed by atoms with E-state index < -0.39 is 0 Å². The highest BCUT2D eigenvalue weighted by Gasteiger charge is 2.16. The molecule has 1 amide bonds. The largest absolute Gasteiger partial charge is 0.342 e. The first-order valence-corrected chi connectivity index (χ1v) is 6.02. The number of hydrogen-bond acceptors (Lipinski definition) is 3. The summed E-state index contributed by atoms with van der Waals surface area (Å²) in [5, 5.41) is 0. The number of hydroxylamine groups is 1. The fourth-order valence-electron chi connectivity index (χ4n) is 1.90. The van der Waals surface area contributed by atoms with Gasteiger partial charge in [0, 0.05) is 13.1 Å². The first-order chi connectivity index (χ1) is 8.36. The molecule has 0 saturated carbocycles. The summed E-state index contributed by atoms with van der Waals surface area (Å²) >= 11 is 0. The second kappa shape index (κ2) is 6.37. The number of nitrogens with one attached hydrogen (secondary N) is 1. The molecule has 2 rings (SSSR count). The van der Waals surface area contributed by atoms with Gasteiger partial charge in [-0.05, 0) is 18.4 Å². The summed E-state index contributed by atoms with van der Waals surface area (Å²) in [6.45, 7) is 2.51. The third-order valence-electron chi connectivity index (χ3n) is 2.87. The highest BCUT2D eigenvalue weighted by Crippen LogP contribution is 2.06. The van der Waals surface area contributed by atoms with Crippen molar-refractivity contribution in [3.8, 4) is 0 Å². The van der Waals surface area contributed by atoms with Crippen LogP contribution in [0, 0.1) is 0 Å². The van der Waals surface area contributed by atoms with E-state index in [2.05, 4.69) is 5.48 Å². The lowest BCUT2D eigenvalue weighted by molar-refractivity contribution is -0.132. The Bertz CT molecular complexity index is 348. The molecule has 1 aliphatic heterocycles. The number of amides is 1. The Morgan fingerprint density at radius 1 is 1.24 bits per heavy atom. The fraction of sp³-hybridized carbons (Fsp3) is 0.462. The Morgan fingerprint density at radius 3 is 2.65 bits per heavy atom. The van der Waals surface area contributed by atoms with Crippen molar-refractivity contribution in [3.05, 3.63) is 35.9 Å². The predicted molar refractivity (Wildman–Crippen MR) is 65.0 cm³/mol. The number of benzene rings is 1. The molecular weight excluding hydrogens is 216 g/mol. The van der Waals surface area contributed by atoms with Crippen LogP contribution < -0.4 is 5.48 Å². The summed E-state index contributed by atoms with van der Waals surface area (Å²) in [4.78, 5) is 18.8. The van der Waals surface area contributed by atoms with E-state index >= 15 is 0 Å². The van der Waals surface area contributed by atoms with E-state index in [1.165, 1.54) is 0 Å². The molecule has 1 aromatic carbocycles. The molecular formula is C13H18N2O2. The van der Waals surface area contributed by atoms with Crippen LogP contribution in [0.2, 0.25) is 0 Å². The average molecular weight is 234 g/mol. The van der Waals surface area contributed by atoms with Crippen LogP contribution in [0.25, 0.3) is 0 Å². The molecule has 0 unspecified atom stereocenters. The van der Waals surface area contributed by atoms with E-state index in [4.69, 9.17) is 4.84 Å². The van der Waals surface area contributed by atoms with Crippen LogP contribution in [-0.4, -0.2) is 30.4 Å². The van der Waals surface area contributed by atoms with Gasteiger partial charge in [0.2, 0.25) is 5.91 Å². The molecule has 0 radical (unpaired) electrons. The maximum absolute atomic E-state index is 11.6. The van der Waals surface area contributed by atoms with Crippen molar-refractivity contribution < 1.29 is 9.63 Å². The first kappa shape index (κ1) is 12.1. The number of carbonyl (C=O) groups excluding carboxylic acids is 1. The minimum absolute atomic E-state index is 0.121. The second-order valence-corrected chi connectivity index (χ2v) is 4.18. The fourth-order valence-corrected chi connectivity index (χ4v) is 1.90. The molecule has 1 fully saturated rings. The van der Waals surface area contributed by atoms with Gasteiger partial charge in [-0.3, -0.25) is 9.63 Å². The summed E-state index contributed by atoms with van der Waals surface area (Å²) in [5.41, 5.74) is 3.81. The summed E-state index contributed by atoms with van der Waals surface area (Å²) in [6, 6.07) is 9.88. The van der Waals surface area contributed by atoms with Crippen LogP contribution in [0.15, 0.2) is 30.3 Å². The molecule has 4 nitrogen and oxygen atoms in total. The number of rotatable bonds is 5. The maximum atomic E-state index is 11.6. The Labute approximate surface area is 102 Å². The van der Waals surface area contributed by atoms with E-state index in [-0.39, 0.29) is 12.5 Å². The lowest BCUT2D eigenvalue weighted by atomic mass is 10.2. The monoisotopic (exact) mass is 234 g/mol. The normalized spacial score (nSPS) is 15.2. The van der Waals surface area contributed by atoms with Gasteiger partial charge in [0.25, 0.3) is 0 Å². The molecule has 1 N–H and O–H groups in total.